The lowest BCUT2D eigenvalue weighted by molar-refractivity contribution is -0.212. The summed E-state index contributed by atoms with van der Waals surface area (Å²) >= 11 is 0. The van der Waals surface area contributed by atoms with E-state index in [1.165, 1.54) is 83.5 Å². The zero-order valence-corrected chi connectivity index (χ0v) is 21.8. The van der Waals surface area contributed by atoms with Crippen molar-refractivity contribution in [3.8, 4) is 0 Å². The normalized spacial score (nSPS) is 48.3. The van der Waals surface area contributed by atoms with Crippen molar-refractivity contribution in [1.82, 2.24) is 0 Å². The molecule has 1 heterocycles. The Labute approximate surface area is 203 Å². The van der Waals surface area contributed by atoms with Crippen molar-refractivity contribution in [2.24, 2.45) is 41.4 Å². The maximum absolute atomic E-state index is 7.68. The Hall–Kier alpha value is -0.380. The molecule has 4 fully saturated rings. The van der Waals surface area contributed by atoms with E-state index in [2.05, 4.69) is 26.0 Å². The van der Waals surface area contributed by atoms with Gasteiger partial charge in [0.05, 0.1) is 23.9 Å². The van der Waals surface area contributed by atoms with Crippen LogP contribution in [-0.4, -0.2) is 38.1 Å². The number of hydrogen-bond acceptors (Lipinski definition) is 3. The summed E-state index contributed by atoms with van der Waals surface area (Å²) in [5, 5.41) is 0. The van der Waals surface area contributed by atoms with Crippen molar-refractivity contribution < 1.29 is 14.2 Å². The summed E-state index contributed by atoms with van der Waals surface area (Å²) in [5.41, 5.74) is -0.0561. The highest BCUT2D eigenvalue weighted by Crippen LogP contribution is 2.56. The number of methoxy groups -OCH3 is 2. The van der Waals surface area contributed by atoms with Gasteiger partial charge < -0.3 is 14.2 Å². The van der Waals surface area contributed by atoms with Crippen molar-refractivity contribution >= 4 is 0 Å². The van der Waals surface area contributed by atoms with Gasteiger partial charge in [-0.2, -0.15) is 0 Å². The molecule has 0 radical (unpaired) electrons. The van der Waals surface area contributed by atoms with Crippen LogP contribution < -0.4 is 0 Å². The second-order valence-corrected chi connectivity index (χ2v) is 12.6. The van der Waals surface area contributed by atoms with Crippen LogP contribution in [0.2, 0.25) is 0 Å². The largest absolute Gasteiger partial charge is 0.381 e. The van der Waals surface area contributed by atoms with Gasteiger partial charge in [-0.3, -0.25) is 0 Å². The summed E-state index contributed by atoms with van der Waals surface area (Å²) in [6.45, 7) is 4.91. The highest BCUT2D eigenvalue weighted by molar-refractivity contribution is 5.19. The van der Waals surface area contributed by atoms with Gasteiger partial charge in [-0.15, -0.1) is 0 Å². The van der Waals surface area contributed by atoms with Crippen molar-refractivity contribution in [2.75, 3.05) is 14.2 Å². The van der Waals surface area contributed by atoms with Gasteiger partial charge >= 0.3 is 0 Å². The molecule has 0 amide bonds. The summed E-state index contributed by atoms with van der Waals surface area (Å²) in [4.78, 5) is 0. The van der Waals surface area contributed by atoms with Crippen LogP contribution in [0.3, 0.4) is 0 Å². The Morgan fingerprint density at radius 2 is 1.36 bits per heavy atom. The third kappa shape index (κ3) is 4.60. The van der Waals surface area contributed by atoms with Gasteiger partial charge in [-0.1, -0.05) is 45.3 Å². The lowest BCUT2D eigenvalue weighted by atomic mass is 9.57. The molecule has 3 nitrogen and oxygen atoms in total. The van der Waals surface area contributed by atoms with E-state index in [0.717, 1.165) is 23.7 Å². The first-order valence-corrected chi connectivity index (χ1v) is 14.5. The molecular weight excluding hydrogens is 408 g/mol. The summed E-state index contributed by atoms with van der Waals surface area (Å²) in [6.07, 6.45) is 23.6. The predicted octanol–water partition coefficient (Wildman–Crippen LogP) is 7.19. The molecule has 5 aliphatic rings. The molecule has 0 bridgehead atoms. The van der Waals surface area contributed by atoms with Gasteiger partial charge in [-0.05, 0) is 99.7 Å². The van der Waals surface area contributed by atoms with Gasteiger partial charge in [0.1, 0.15) is 0 Å². The van der Waals surface area contributed by atoms with Crippen LogP contribution in [0, 0.1) is 41.4 Å². The van der Waals surface area contributed by atoms with Crippen LogP contribution in [-0.2, 0) is 14.2 Å². The molecule has 5 unspecified atom stereocenters. The average molecular weight is 459 g/mol. The molecule has 188 valence electrons. The quantitative estimate of drug-likeness (QED) is 0.408. The van der Waals surface area contributed by atoms with E-state index >= 15 is 0 Å². The first kappa shape index (κ1) is 24.3. The SMILES string of the molecule is COC1CCC(C2(C3CCC(OC)CC3)C=CC3C(C(C)C)CC4CCCCC4C3O2)CC1. The monoisotopic (exact) mass is 458 g/mol. The van der Waals surface area contributed by atoms with Crippen LogP contribution in [0.15, 0.2) is 12.2 Å². The molecule has 0 spiro atoms. The molecule has 4 aliphatic carbocycles. The Bertz CT molecular complexity index is 631. The van der Waals surface area contributed by atoms with E-state index in [4.69, 9.17) is 14.2 Å². The molecule has 33 heavy (non-hydrogen) atoms. The van der Waals surface area contributed by atoms with Crippen LogP contribution >= 0.6 is 0 Å². The van der Waals surface area contributed by atoms with E-state index < -0.39 is 0 Å². The fourth-order valence-corrected chi connectivity index (χ4v) is 8.97. The van der Waals surface area contributed by atoms with Gasteiger partial charge in [-0.25, -0.2) is 0 Å². The fraction of sp³-hybridized carbons (Fsp3) is 0.933. The van der Waals surface area contributed by atoms with Crippen molar-refractivity contribution in [3.05, 3.63) is 12.2 Å². The minimum Gasteiger partial charge on any atom is -0.381 e. The molecule has 5 rings (SSSR count). The molecule has 1 aliphatic heterocycles. The van der Waals surface area contributed by atoms with Gasteiger partial charge in [0.2, 0.25) is 0 Å². The lowest BCUT2D eigenvalue weighted by Gasteiger charge is -2.58. The van der Waals surface area contributed by atoms with Gasteiger partial charge in [0.15, 0.2) is 0 Å². The van der Waals surface area contributed by atoms with Crippen LogP contribution in [0.5, 0.6) is 0 Å². The number of ether oxygens (including phenoxy) is 3. The number of fused-ring (bicyclic) bond motifs is 3. The van der Waals surface area contributed by atoms with Crippen molar-refractivity contribution in [1.29, 1.82) is 0 Å². The molecule has 0 aromatic carbocycles. The van der Waals surface area contributed by atoms with E-state index in [1.807, 2.05) is 14.2 Å². The van der Waals surface area contributed by atoms with Crippen molar-refractivity contribution in [2.45, 2.75) is 121 Å². The maximum Gasteiger partial charge on any atom is 0.0922 e. The molecule has 3 heteroatoms. The zero-order valence-electron chi connectivity index (χ0n) is 21.8. The molecular formula is C30H50O3. The van der Waals surface area contributed by atoms with E-state index in [9.17, 15) is 0 Å². The second-order valence-electron chi connectivity index (χ2n) is 12.6. The Balaban J connectivity index is 1.46. The van der Waals surface area contributed by atoms with Crippen LogP contribution in [0.4, 0.5) is 0 Å². The van der Waals surface area contributed by atoms with Crippen LogP contribution in [0.25, 0.3) is 0 Å². The number of hydrogen-bond donors (Lipinski definition) is 0. The first-order chi connectivity index (χ1) is 16.1. The summed E-state index contributed by atoms with van der Waals surface area (Å²) in [7, 11) is 3.79. The molecule has 0 aromatic rings. The fourth-order valence-electron chi connectivity index (χ4n) is 8.97. The molecule has 0 saturated heterocycles. The minimum absolute atomic E-state index is 0.0561. The highest BCUT2D eigenvalue weighted by atomic mass is 16.5. The summed E-state index contributed by atoms with van der Waals surface area (Å²) in [5.74, 6) is 5.13. The van der Waals surface area contributed by atoms with E-state index in [0.29, 0.717) is 36.1 Å². The second kappa shape index (κ2) is 10.3. The lowest BCUT2D eigenvalue weighted by Crippen LogP contribution is -2.59. The third-order valence-corrected chi connectivity index (χ3v) is 10.9. The third-order valence-electron chi connectivity index (χ3n) is 10.9. The molecule has 4 saturated carbocycles. The average Bonchev–Trinajstić information content (AvgIpc) is 2.88. The summed E-state index contributed by atoms with van der Waals surface area (Å²) in [6, 6.07) is 0. The topological polar surface area (TPSA) is 27.7 Å². The predicted molar refractivity (Wildman–Crippen MR) is 134 cm³/mol. The summed E-state index contributed by atoms with van der Waals surface area (Å²) < 4.78 is 19.2. The first-order valence-electron chi connectivity index (χ1n) is 14.5. The van der Waals surface area contributed by atoms with E-state index in [1.54, 1.807) is 0 Å². The van der Waals surface area contributed by atoms with Crippen molar-refractivity contribution in [3.63, 3.8) is 0 Å². The Kier molecular flexibility index (Phi) is 7.60. The zero-order chi connectivity index (χ0) is 23.0. The van der Waals surface area contributed by atoms with Gasteiger partial charge in [0, 0.05) is 20.1 Å². The minimum atomic E-state index is -0.0561. The van der Waals surface area contributed by atoms with E-state index in [-0.39, 0.29) is 5.60 Å². The maximum atomic E-state index is 7.68. The molecule has 0 aromatic heterocycles. The molecule has 5 atom stereocenters. The molecule has 0 N–H and O–H groups in total. The Morgan fingerprint density at radius 1 is 0.788 bits per heavy atom. The Morgan fingerprint density at radius 3 is 1.91 bits per heavy atom. The highest BCUT2D eigenvalue weighted by Gasteiger charge is 2.55. The smallest absolute Gasteiger partial charge is 0.0922 e. The van der Waals surface area contributed by atoms with Crippen LogP contribution in [0.1, 0.15) is 97.3 Å². The standard InChI is InChI=1S/C30H50O3/c1-20(2)28-19-21-7-5-6-8-26(21)29-27(28)17-18-30(33-29,22-9-13-24(31-3)14-10-22)23-11-15-25(32-4)16-12-23/h17-18,20-29H,5-16,19H2,1-4H3. The van der Waals surface area contributed by atoms with Gasteiger partial charge in [0.25, 0.3) is 0 Å². The number of rotatable bonds is 5.